The molecule has 1 heterocycles. The molecule has 1 saturated heterocycles. The van der Waals surface area contributed by atoms with Gasteiger partial charge in [-0.3, -0.25) is 0 Å². The Bertz CT molecular complexity index is 682. The molecule has 0 radical (unpaired) electrons. The van der Waals surface area contributed by atoms with Crippen LogP contribution in [-0.4, -0.2) is 34.7 Å². The quantitative estimate of drug-likeness (QED) is 0.862. The fraction of sp³-hybridized carbons (Fsp3) is 0.600. The van der Waals surface area contributed by atoms with Gasteiger partial charge >= 0.3 is 6.03 Å². The molecule has 1 aliphatic heterocycles. The average Bonchev–Trinajstić information content (AvgIpc) is 3.08. The molecule has 2 amide bonds. The Balaban J connectivity index is 1.74. The van der Waals surface area contributed by atoms with Crippen LogP contribution in [0.4, 0.5) is 10.5 Å². The van der Waals surface area contributed by atoms with Gasteiger partial charge in [0.05, 0.1) is 17.7 Å². The zero-order valence-corrected chi connectivity index (χ0v) is 15.0. The van der Waals surface area contributed by atoms with Crippen LogP contribution in [0.1, 0.15) is 50.2 Å². The van der Waals surface area contributed by atoms with Gasteiger partial charge in [-0.05, 0) is 62.6 Å². The SMILES string of the molecule is Cc1c(C#N)cccc1NC(=O)N1CCC[C@@H]1[C@@H]1C[C@H](C)CC[C@H]1O. The number of urea groups is 1. The van der Waals surface area contributed by atoms with Crippen molar-refractivity contribution in [1.29, 1.82) is 5.26 Å². The largest absolute Gasteiger partial charge is 0.393 e. The highest BCUT2D eigenvalue weighted by Gasteiger charge is 2.40. The average molecular weight is 341 g/mol. The molecule has 1 saturated carbocycles. The first-order chi connectivity index (χ1) is 12.0. The van der Waals surface area contributed by atoms with E-state index in [4.69, 9.17) is 5.26 Å². The lowest BCUT2D eigenvalue weighted by atomic mass is 9.76. The van der Waals surface area contributed by atoms with Crippen LogP contribution in [0.5, 0.6) is 0 Å². The monoisotopic (exact) mass is 341 g/mol. The third-order valence-corrected chi connectivity index (χ3v) is 5.87. The second kappa shape index (κ2) is 7.45. The van der Waals surface area contributed by atoms with E-state index in [2.05, 4.69) is 18.3 Å². The summed E-state index contributed by atoms with van der Waals surface area (Å²) in [5, 5.41) is 22.6. The summed E-state index contributed by atoms with van der Waals surface area (Å²) in [6.45, 7) is 4.81. The molecule has 0 unspecified atom stereocenters. The van der Waals surface area contributed by atoms with Crippen molar-refractivity contribution < 1.29 is 9.90 Å². The van der Waals surface area contributed by atoms with E-state index in [-0.39, 0.29) is 24.1 Å². The van der Waals surface area contributed by atoms with E-state index in [9.17, 15) is 9.90 Å². The minimum atomic E-state index is -0.307. The first kappa shape index (κ1) is 17.8. The fourth-order valence-electron chi connectivity index (χ4n) is 4.39. The summed E-state index contributed by atoms with van der Waals surface area (Å²) in [5.74, 6) is 0.775. The van der Waals surface area contributed by atoms with Crippen molar-refractivity contribution >= 4 is 11.7 Å². The summed E-state index contributed by atoms with van der Waals surface area (Å²) in [4.78, 5) is 14.8. The number of nitriles is 1. The van der Waals surface area contributed by atoms with Gasteiger partial charge in [0.2, 0.25) is 0 Å². The number of amides is 2. The molecule has 0 spiro atoms. The van der Waals surface area contributed by atoms with Gasteiger partial charge in [0.15, 0.2) is 0 Å². The lowest BCUT2D eigenvalue weighted by Gasteiger charge is -2.39. The highest BCUT2D eigenvalue weighted by Crippen LogP contribution is 2.37. The maximum absolute atomic E-state index is 12.9. The second-order valence-corrected chi connectivity index (χ2v) is 7.57. The van der Waals surface area contributed by atoms with Crippen LogP contribution in [0, 0.1) is 30.1 Å². The van der Waals surface area contributed by atoms with Crippen LogP contribution in [0.3, 0.4) is 0 Å². The Kier molecular flexibility index (Phi) is 5.29. The molecular formula is C20H27N3O2. The van der Waals surface area contributed by atoms with E-state index < -0.39 is 0 Å². The molecule has 4 atom stereocenters. The molecule has 3 rings (SSSR count). The molecule has 25 heavy (non-hydrogen) atoms. The van der Waals surface area contributed by atoms with Crippen LogP contribution >= 0.6 is 0 Å². The van der Waals surface area contributed by atoms with Gasteiger partial charge < -0.3 is 15.3 Å². The molecule has 0 bridgehead atoms. The molecule has 2 aliphatic rings. The van der Waals surface area contributed by atoms with Crippen LogP contribution in [0.25, 0.3) is 0 Å². The normalized spacial score (nSPS) is 29.3. The summed E-state index contributed by atoms with van der Waals surface area (Å²) in [7, 11) is 0. The van der Waals surface area contributed by atoms with E-state index >= 15 is 0 Å². The van der Waals surface area contributed by atoms with Crippen molar-refractivity contribution in [2.24, 2.45) is 11.8 Å². The summed E-state index contributed by atoms with van der Waals surface area (Å²) in [6, 6.07) is 7.51. The van der Waals surface area contributed by atoms with Crippen molar-refractivity contribution in [3.8, 4) is 6.07 Å². The maximum atomic E-state index is 12.9. The first-order valence-corrected chi connectivity index (χ1v) is 9.26. The standard InChI is InChI=1S/C20H27N3O2/c1-13-8-9-19(24)16(11-13)18-7-4-10-23(18)20(25)22-17-6-3-5-15(12-21)14(17)2/h3,5-6,13,16,18-19,24H,4,7-11H2,1-2H3,(H,22,25)/t13-,16+,18-,19-/m1/s1. The summed E-state index contributed by atoms with van der Waals surface area (Å²) < 4.78 is 0. The number of nitrogens with one attached hydrogen (secondary N) is 1. The minimum Gasteiger partial charge on any atom is -0.393 e. The van der Waals surface area contributed by atoms with Gasteiger partial charge in [-0.2, -0.15) is 5.26 Å². The van der Waals surface area contributed by atoms with E-state index in [0.29, 0.717) is 17.2 Å². The van der Waals surface area contributed by atoms with E-state index in [1.807, 2.05) is 17.9 Å². The Morgan fingerprint density at radius 1 is 1.36 bits per heavy atom. The lowest BCUT2D eigenvalue weighted by molar-refractivity contribution is 0.0165. The lowest BCUT2D eigenvalue weighted by Crippen LogP contribution is -2.47. The van der Waals surface area contributed by atoms with E-state index in [0.717, 1.165) is 44.2 Å². The number of nitrogens with zero attached hydrogens (tertiary/aromatic N) is 2. The second-order valence-electron chi connectivity index (χ2n) is 7.57. The van der Waals surface area contributed by atoms with Gasteiger partial charge in [0.1, 0.15) is 0 Å². The topological polar surface area (TPSA) is 76.4 Å². The van der Waals surface area contributed by atoms with Crippen molar-refractivity contribution in [3.05, 3.63) is 29.3 Å². The molecule has 5 heteroatoms. The van der Waals surface area contributed by atoms with Crippen LogP contribution in [0.15, 0.2) is 18.2 Å². The number of benzene rings is 1. The fourth-order valence-corrected chi connectivity index (χ4v) is 4.39. The van der Waals surface area contributed by atoms with Crippen LogP contribution in [0.2, 0.25) is 0 Å². The molecule has 1 aliphatic carbocycles. The zero-order valence-electron chi connectivity index (χ0n) is 15.0. The van der Waals surface area contributed by atoms with E-state index in [1.165, 1.54) is 0 Å². The molecular weight excluding hydrogens is 314 g/mol. The van der Waals surface area contributed by atoms with Gasteiger partial charge in [0.25, 0.3) is 0 Å². The number of likely N-dealkylation sites (tertiary alicyclic amines) is 1. The molecule has 0 aromatic heterocycles. The van der Waals surface area contributed by atoms with Crippen molar-refractivity contribution in [2.45, 2.75) is 58.1 Å². The third kappa shape index (κ3) is 3.64. The number of aliphatic hydroxyl groups is 1. The molecule has 134 valence electrons. The van der Waals surface area contributed by atoms with E-state index in [1.54, 1.807) is 12.1 Å². The van der Waals surface area contributed by atoms with Gasteiger partial charge in [0, 0.05) is 24.2 Å². The Hall–Kier alpha value is -2.06. The highest BCUT2D eigenvalue weighted by atomic mass is 16.3. The number of anilines is 1. The van der Waals surface area contributed by atoms with Crippen molar-refractivity contribution in [1.82, 2.24) is 4.90 Å². The maximum Gasteiger partial charge on any atom is 0.322 e. The Morgan fingerprint density at radius 3 is 2.92 bits per heavy atom. The number of carbonyl (C=O) groups is 1. The number of aliphatic hydroxyl groups excluding tert-OH is 1. The number of hydrogen-bond acceptors (Lipinski definition) is 3. The summed E-state index contributed by atoms with van der Waals surface area (Å²) in [6.07, 6.45) is 4.51. The molecule has 2 fully saturated rings. The zero-order chi connectivity index (χ0) is 18.0. The molecule has 2 N–H and O–H groups in total. The predicted octanol–water partition coefficient (Wildman–Crippen LogP) is 3.66. The first-order valence-electron chi connectivity index (χ1n) is 9.26. The molecule has 1 aromatic rings. The number of carbonyl (C=O) groups excluding carboxylic acids is 1. The molecule has 5 nitrogen and oxygen atoms in total. The minimum absolute atomic E-state index is 0.109. The van der Waals surface area contributed by atoms with Crippen molar-refractivity contribution in [3.63, 3.8) is 0 Å². The van der Waals surface area contributed by atoms with Crippen molar-refractivity contribution in [2.75, 3.05) is 11.9 Å². The predicted molar refractivity (Wildman–Crippen MR) is 97.2 cm³/mol. The van der Waals surface area contributed by atoms with Gasteiger partial charge in [-0.15, -0.1) is 0 Å². The van der Waals surface area contributed by atoms with Gasteiger partial charge in [-0.1, -0.05) is 13.0 Å². The smallest absolute Gasteiger partial charge is 0.322 e. The molecule has 1 aromatic carbocycles. The summed E-state index contributed by atoms with van der Waals surface area (Å²) in [5.41, 5.74) is 2.06. The van der Waals surface area contributed by atoms with Crippen LogP contribution in [-0.2, 0) is 0 Å². The number of hydrogen-bond donors (Lipinski definition) is 2. The van der Waals surface area contributed by atoms with Crippen LogP contribution < -0.4 is 5.32 Å². The van der Waals surface area contributed by atoms with Gasteiger partial charge in [-0.25, -0.2) is 4.79 Å². The Morgan fingerprint density at radius 2 is 2.16 bits per heavy atom. The summed E-state index contributed by atoms with van der Waals surface area (Å²) >= 11 is 0. The third-order valence-electron chi connectivity index (χ3n) is 5.87. The highest BCUT2D eigenvalue weighted by molar-refractivity contribution is 5.91. The number of rotatable bonds is 2. The Labute approximate surface area is 149 Å².